The third-order valence-corrected chi connectivity index (χ3v) is 5.70. The number of nitrogens with zero attached hydrogens (tertiary/aromatic N) is 3. The second-order valence-corrected chi connectivity index (χ2v) is 7.74. The largest absolute Gasteiger partial charge is 0.334 e. The highest BCUT2D eigenvalue weighted by molar-refractivity contribution is 7.10. The summed E-state index contributed by atoms with van der Waals surface area (Å²) in [6.07, 6.45) is 6.32. The maximum atomic E-state index is 12.6. The summed E-state index contributed by atoms with van der Waals surface area (Å²) in [7, 11) is 0. The number of carbonyl (C=O) groups is 1. The monoisotopic (exact) mass is 378 g/mol. The molecule has 0 aliphatic carbocycles. The van der Waals surface area contributed by atoms with E-state index >= 15 is 0 Å². The zero-order valence-corrected chi connectivity index (χ0v) is 16.0. The molecule has 1 amide bonds. The minimum Gasteiger partial charge on any atom is -0.334 e. The quantitative estimate of drug-likeness (QED) is 0.871. The number of carbonyl (C=O) groups excluding carboxylic acids is 1. The average Bonchev–Trinajstić information content (AvgIpc) is 3.07. The van der Waals surface area contributed by atoms with E-state index < -0.39 is 0 Å². The van der Waals surface area contributed by atoms with Crippen molar-refractivity contribution in [3.8, 4) is 0 Å². The topological polar surface area (TPSA) is 58.1 Å². The number of hydrogen-bond acceptors (Lipinski definition) is 5. The number of rotatable bonds is 2. The van der Waals surface area contributed by atoms with Crippen LogP contribution >= 0.6 is 23.7 Å². The Morgan fingerprint density at radius 2 is 2.28 bits per heavy atom. The fraction of sp³-hybridized carbons (Fsp3) is 0.500. The molecule has 5 nitrogen and oxygen atoms in total. The molecule has 1 saturated heterocycles. The number of piperidine rings is 1. The van der Waals surface area contributed by atoms with Crippen molar-refractivity contribution in [1.82, 2.24) is 20.2 Å². The van der Waals surface area contributed by atoms with Crippen LogP contribution < -0.4 is 5.32 Å². The van der Waals surface area contributed by atoms with Gasteiger partial charge in [-0.25, -0.2) is 9.97 Å². The van der Waals surface area contributed by atoms with Crippen molar-refractivity contribution in [2.24, 2.45) is 0 Å². The highest BCUT2D eigenvalue weighted by atomic mass is 35.5. The lowest BCUT2D eigenvalue weighted by atomic mass is 10.0. The third kappa shape index (κ3) is 3.86. The van der Waals surface area contributed by atoms with Crippen molar-refractivity contribution >= 4 is 29.7 Å². The van der Waals surface area contributed by atoms with E-state index in [1.54, 1.807) is 11.3 Å². The molecule has 0 aromatic carbocycles. The number of aryl methyl sites for hydroxylation is 1. The summed E-state index contributed by atoms with van der Waals surface area (Å²) in [4.78, 5) is 25.1. The number of fused-ring (bicyclic) bond motifs is 1. The highest BCUT2D eigenvalue weighted by Gasteiger charge is 2.25. The molecule has 0 radical (unpaired) electrons. The smallest absolute Gasteiger partial charge is 0.255 e. The predicted octanol–water partition coefficient (Wildman–Crippen LogP) is 3.28. The Kier molecular flexibility index (Phi) is 5.71. The SMILES string of the molecule is Cc1cc(C(=O)N2CCc3nc(C4CCCCN4)ncc3C2)cs1.Cl. The van der Waals surface area contributed by atoms with Gasteiger partial charge in [-0.15, -0.1) is 23.7 Å². The normalized spacial score (nSPS) is 19.9. The molecule has 4 rings (SSSR count). The van der Waals surface area contributed by atoms with Crippen LogP contribution in [0.4, 0.5) is 0 Å². The molecule has 1 N–H and O–H groups in total. The van der Waals surface area contributed by atoms with Gasteiger partial charge in [-0.2, -0.15) is 0 Å². The minimum atomic E-state index is 0. The van der Waals surface area contributed by atoms with Gasteiger partial charge in [0.15, 0.2) is 0 Å². The van der Waals surface area contributed by atoms with Gasteiger partial charge in [0.25, 0.3) is 5.91 Å². The minimum absolute atomic E-state index is 0. The van der Waals surface area contributed by atoms with Crippen molar-refractivity contribution in [3.63, 3.8) is 0 Å². The number of halogens is 1. The molecule has 2 aliphatic rings. The lowest BCUT2D eigenvalue weighted by Gasteiger charge is -2.29. The Bertz CT molecular complexity index is 757. The number of aromatic nitrogens is 2. The fourth-order valence-electron chi connectivity index (χ4n) is 3.48. The first-order chi connectivity index (χ1) is 11.7. The van der Waals surface area contributed by atoms with Gasteiger partial charge < -0.3 is 10.2 Å². The first-order valence-electron chi connectivity index (χ1n) is 8.63. The van der Waals surface area contributed by atoms with E-state index in [9.17, 15) is 4.79 Å². The first kappa shape index (κ1) is 18.3. The molecule has 0 spiro atoms. The van der Waals surface area contributed by atoms with Gasteiger partial charge in [-0.3, -0.25) is 4.79 Å². The Labute approximate surface area is 158 Å². The van der Waals surface area contributed by atoms with Crippen LogP contribution in [-0.4, -0.2) is 33.9 Å². The summed E-state index contributed by atoms with van der Waals surface area (Å²) in [6.45, 7) is 4.42. The molecule has 4 heterocycles. The summed E-state index contributed by atoms with van der Waals surface area (Å²) < 4.78 is 0. The zero-order valence-electron chi connectivity index (χ0n) is 14.3. The van der Waals surface area contributed by atoms with Gasteiger partial charge in [0.05, 0.1) is 17.3 Å². The van der Waals surface area contributed by atoms with E-state index in [2.05, 4.69) is 10.3 Å². The maximum absolute atomic E-state index is 12.6. The molecule has 1 atom stereocenters. The van der Waals surface area contributed by atoms with Gasteiger partial charge in [0.1, 0.15) is 5.82 Å². The second-order valence-electron chi connectivity index (χ2n) is 6.63. The second kappa shape index (κ2) is 7.81. The predicted molar refractivity (Wildman–Crippen MR) is 101 cm³/mol. The number of hydrogen-bond donors (Lipinski definition) is 1. The van der Waals surface area contributed by atoms with Gasteiger partial charge >= 0.3 is 0 Å². The molecular weight excluding hydrogens is 356 g/mol. The first-order valence-corrected chi connectivity index (χ1v) is 9.51. The van der Waals surface area contributed by atoms with Crippen molar-refractivity contribution in [2.45, 2.75) is 45.2 Å². The van der Waals surface area contributed by atoms with E-state index in [1.807, 2.05) is 29.5 Å². The van der Waals surface area contributed by atoms with Crippen LogP contribution in [0.1, 0.15) is 57.6 Å². The van der Waals surface area contributed by atoms with Crippen molar-refractivity contribution < 1.29 is 4.79 Å². The van der Waals surface area contributed by atoms with Crippen LogP contribution in [0.3, 0.4) is 0 Å². The Morgan fingerprint density at radius 3 is 3.00 bits per heavy atom. The van der Waals surface area contributed by atoms with Crippen molar-refractivity contribution in [1.29, 1.82) is 0 Å². The van der Waals surface area contributed by atoms with Crippen LogP contribution in [0, 0.1) is 6.92 Å². The maximum Gasteiger partial charge on any atom is 0.255 e. The van der Waals surface area contributed by atoms with Crippen molar-refractivity contribution in [2.75, 3.05) is 13.1 Å². The molecule has 0 bridgehead atoms. The van der Waals surface area contributed by atoms with E-state index in [0.29, 0.717) is 6.54 Å². The summed E-state index contributed by atoms with van der Waals surface area (Å²) in [5.74, 6) is 1.03. The average molecular weight is 379 g/mol. The summed E-state index contributed by atoms with van der Waals surface area (Å²) >= 11 is 1.62. The van der Waals surface area contributed by atoms with Crippen LogP contribution in [-0.2, 0) is 13.0 Å². The summed E-state index contributed by atoms with van der Waals surface area (Å²) in [5, 5.41) is 5.45. The standard InChI is InChI=1S/C18H22N4OS.ClH/c1-12-8-13(11-24-12)18(23)22-7-5-15-14(10-22)9-20-17(21-15)16-4-2-3-6-19-16;/h8-9,11,16,19H,2-7,10H2,1H3;1H. The van der Waals surface area contributed by atoms with Gasteiger partial charge in [0.2, 0.25) is 0 Å². The number of nitrogens with one attached hydrogen (secondary N) is 1. The van der Waals surface area contributed by atoms with Crippen LogP contribution in [0.2, 0.25) is 0 Å². The Balaban J connectivity index is 0.00000182. The number of thiophene rings is 1. The lowest BCUT2D eigenvalue weighted by Crippen LogP contribution is -2.37. The van der Waals surface area contributed by atoms with E-state index in [1.165, 1.54) is 17.7 Å². The van der Waals surface area contributed by atoms with Gasteiger partial charge in [-0.1, -0.05) is 6.42 Å². The molecule has 2 aromatic rings. The molecular formula is C18H23ClN4OS. The van der Waals surface area contributed by atoms with Gasteiger partial charge in [-0.05, 0) is 32.4 Å². The zero-order chi connectivity index (χ0) is 16.5. The third-order valence-electron chi connectivity index (χ3n) is 4.84. The molecule has 7 heteroatoms. The Hall–Kier alpha value is -1.50. The number of amides is 1. The van der Waals surface area contributed by atoms with E-state index in [0.717, 1.165) is 48.6 Å². The molecule has 25 heavy (non-hydrogen) atoms. The summed E-state index contributed by atoms with van der Waals surface area (Å²) in [5.41, 5.74) is 2.99. The van der Waals surface area contributed by atoms with Crippen LogP contribution in [0.25, 0.3) is 0 Å². The molecule has 2 aromatic heterocycles. The van der Waals surface area contributed by atoms with Gasteiger partial charge in [0, 0.05) is 41.5 Å². The van der Waals surface area contributed by atoms with Crippen LogP contribution in [0.15, 0.2) is 17.6 Å². The van der Waals surface area contributed by atoms with E-state index in [-0.39, 0.29) is 24.4 Å². The molecule has 0 saturated carbocycles. The summed E-state index contributed by atoms with van der Waals surface area (Å²) in [6, 6.07) is 2.26. The van der Waals surface area contributed by atoms with Crippen LogP contribution in [0.5, 0.6) is 0 Å². The molecule has 1 unspecified atom stereocenters. The highest BCUT2D eigenvalue weighted by Crippen LogP contribution is 2.24. The lowest BCUT2D eigenvalue weighted by molar-refractivity contribution is 0.0733. The molecule has 134 valence electrons. The molecule has 1 fully saturated rings. The Morgan fingerprint density at radius 1 is 1.40 bits per heavy atom. The van der Waals surface area contributed by atoms with E-state index in [4.69, 9.17) is 4.98 Å². The van der Waals surface area contributed by atoms with Crippen molar-refractivity contribution in [3.05, 3.63) is 45.2 Å². The molecule has 2 aliphatic heterocycles. The fourth-order valence-corrected chi connectivity index (χ4v) is 4.16.